The molecule has 2 amide bonds. The Hall–Kier alpha value is -2.91. The van der Waals surface area contributed by atoms with Gasteiger partial charge in [0.1, 0.15) is 11.0 Å². The molecule has 1 aromatic carbocycles. The number of likely N-dealkylation sites (N-methyl/N-ethyl adjacent to an activating group) is 1. The van der Waals surface area contributed by atoms with Crippen LogP contribution in [0.25, 0.3) is 0 Å². The Balaban J connectivity index is 0.949. The number of hydrogen-bond acceptors (Lipinski definition) is 7. The summed E-state index contributed by atoms with van der Waals surface area (Å²) in [6, 6.07) is 8.35. The molecular weight excluding hydrogens is 688 g/mol. The number of sulfonamides is 1. The summed E-state index contributed by atoms with van der Waals surface area (Å²) in [5, 5.41) is 3.15. The van der Waals surface area contributed by atoms with Gasteiger partial charge in [0.2, 0.25) is 15.9 Å². The van der Waals surface area contributed by atoms with Gasteiger partial charge < -0.3 is 25.3 Å². The number of likely N-dealkylation sites (tertiary alicyclic amines) is 1. The van der Waals surface area contributed by atoms with Crippen LogP contribution >= 0.6 is 11.6 Å². The molecule has 1 aromatic heterocycles. The number of hydrogen-bond donors (Lipinski definition) is 2. The third-order valence-corrected chi connectivity index (χ3v) is 13.8. The number of benzene rings is 1. The Bertz CT molecular complexity index is 1740. The molecule has 0 bridgehead atoms. The van der Waals surface area contributed by atoms with Gasteiger partial charge in [-0.3, -0.25) is 9.59 Å². The van der Waals surface area contributed by atoms with Gasteiger partial charge in [-0.15, -0.1) is 0 Å². The summed E-state index contributed by atoms with van der Waals surface area (Å²) >= 11 is 6.30. The molecule has 3 saturated heterocycles. The summed E-state index contributed by atoms with van der Waals surface area (Å²) in [6.45, 7) is 2.17. The Labute approximate surface area is 297 Å². The molecule has 2 aromatic rings. The number of pyridine rings is 1. The third kappa shape index (κ3) is 6.85. The normalized spacial score (nSPS) is 28.3. The van der Waals surface area contributed by atoms with Gasteiger partial charge in [-0.05, 0) is 74.9 Å². The smallest absolute Gasteiger partial charge is 0.278 e. The monoisotopic (exact) mass is 734 g/mol. The topological polar surface area (TPSA) is 129 Å². The van der Waals surface area contributed by atoms with E-state index in [0.717, 1.165) is 13.0 Å². The minimum atomic E-state index is -3.83. The number of carbonyl (C=O) groups is 2. The first-order valence-corrected chi connectivity index (χ1v) is 19.5. The number of piperazine rings is 1. The molecule has 2 saturated carbocycles. The van der Waals surface area contributed by atoms with Crippen molar-refractivity contribution in [3.05, 3.63) is 47.1 Å². The number of nitrogens with zero attached hydrogens (tertiary/aromatic N) is 5. The summed E-state index contributed by atoms with van der Waals surface area (Å²) in [4.78, 5) is 33.2. The zero-order valence-electron chi connectivity index (χ0n) is 28.7. The van der Waals surface area contributed by atoms with E-state index in [1.54, 1.807) is 21.9 Å². The molecule has 272 valence electrons. The van der Waals surface area contributed by atoms with E-state index in [1.165, 1.54) is 41.4 Å². The number of nitrogens with one attached hydrogen (secondary N) is 1. The molecule has 11 nitrogen and oxygen atoms in total. The van der Waals surface area contributed by atoms with Crippen molar-refractivity contribution in [1.82, 2.24) is 14.6 Å². The van der Waals surface area contributed by atoms with Gasteiger partial charge in [-0.2, -0.15) is 4.31 Å². The molecule has 50 heavy (non-hydrogen) atoms. The molecule has 2 atom stereocenters. The average molecular weight is 735 g/mol. The predicted molar refractivity (Wildman–Crippen MR) is 186 cm³/mol. The lowest BCUT2D eigenvalue weighted by Gasteiger charge is -2.37. The number of amides is 2. The summed E-state index contributed by atoms with van der Waals surface area (Å²) in [7, 11) is 0.400. The van der Waals surface area contributed by atoms with Gasteiger partial charge >= 0.3 is 0 Å². The van der Waals surface area contributed by atoms with Gasteiger partial charge in [0.25, 0.3) is 11.8 Å². The number of nitrogens with two attached hydrogens (primary N) is 1. The van der Waals surface area contributed by atoms with Gasteiger partial charge in [0.05, 0.1) is 25.5 Å². The molecule has 2 aliphatic carbocycles. The van der Waals surface area contributed by atoms with Gasteiger partial charge in [-0.1, -0.05) is 11.6 Å². The molecule has 3 aliphatic heterocycles. The highest BCUT2D eigenvalue weighted by Gasteiger charge is 2.60. The highest BCUT2D eigenvalue weighted by molar-refractivity contribution is 7.89. The van der Waals surface area contributed by atoms with Crippen LogP contribution in [0.5, 0.6) is 0 Å². The first kappa shape index (κ1) is 35.5. The number of alkyl halides is 2. The highest BCUT2D eigenvalue weighted by Crippen LogP contribution is 2.56. The van der Waals surface area contributed by atoms with Crippen LogP contribution in [-0.4, -0.2) is 105 Å². The predicted octanol–water partition coefficient (Wildman–Crippen LogP) is 3.71. The first-order valence-electron chi connectivity index (χ1n) is 17.7. The van der Waals surface area contributed by atoms with Crippen LogP contribution in [0.1, 0.15) is 56.9 Å². The number of aromatic nitrogens is 1. The fourth-order valence-corrected chi connectivity index (χ4v) is 10.3. The molecule has 5 aliphatic rings. The maximum absolute atomic E-state index is 16.1. The number of quaternary nitrogens is 1. The zero-order valence-corrected chi connectivity index (χ0v) is 30.2. The minimum absolute atomic E-state index is 0.0450. The Morgan fingerprint density at radius 2 is 1.72 bits per heavy atom. The van der Waals surface area contributed by atoms with Crippen LogP contribution in [0.15, 0.2) is 41.3 Å². The maximum Gasteiger partial charge on any atom is 0.278 e. The van der Waals surface area contributed by atoms with E-state index < -0.39 is 21.9 Å². The van der Waals surface area contributed by atoms with Crippen molar-refractivity contribution in [2.45, 2.75) is 80.3 Å². The van der Waals surface area contributed by atoms with Gasteiger partial charge in [0, 0.05) is 80.2 Å². The van der Waals surface area contributed by atoms with Crippen molar-refractivity contribution >= 4 is 44.9 Å². The fraction of sp³-hybridized carbons (Fsp3) is 0.629. The van der Waals surface area contributed by atoms with E-state index in [9.17, 15) is 18.0 Å². The molecule has 15 heteroatoms. The molecule has 0 unspecified atom stereocenters. The minimum Gasteiger partial charge on any atom is -0.354 e. The van der Waals surface area contributed by atoms with E-state index in [4.69, 9.17) is 17.3 Å². The second kappa shape index (κ2) is 12.9. The van der Waals surface area contributed by atoms with E-state index in [0.29, 0.717) is 35.0 Å². The van der Waals surface area contributed by atoms with Crippen LogP contribution < -0.4 is 20.9 Å². The lowest BCUT2D eigenvalue weighted by Crippen LogP contribution is -2.54. The number of carbonyl (C=O) groups excluding carboxylic acids is 2. The standard InChI is InChI=1S/C35H46ClF2N7O4S/c1-45(2)22-34(11-12-34)20-29(45)33(47)40-26-5-3-23(4-6-26)35(37,38)24-17-30(36)41-31(18-24)42-13-15-43(16-14-42)50(48,49)28-9-7-27(8-10-28)44-21-25(39)19-32(44)46/h7-10,17-18,23,25-26,29H,3-6,11-16,19-22,39H2,1-2H3/p+1/t23?,25-,26?,29+/m1/s1. The second-order valence-corrected chi connectivity index (χ2v) is 18.1. The van der Waals surface area contributed by atoms with Crippen LogP contribution in [0.4, 0.5) is 20.3 Å². The SMILES string of the molecule is C[N+]1(C)CC2(CC2)C[C@H]1C(=O)NC1CCC(C(F)(F)c2cc(Cl)nc(N3CCN(S(=O)(=O)c4ccc(N5C[C@H](N)CC5=O)cc4)CC3)c2)CC1. The third-order valence-electron chi connectivity index (χ3n) is 11.7. The van der Waals surface area contributed by atoms with Crippen molar-refractivity contribution in [3.63, 3.8) is 0 Å². The van der Waals surface area contributed by atoms with Crippen molar-refractivity contribution in [1.29, 1.82) is 0 Å². The number of rotatable bonds is 8. The number of halogens is 3. The largest absolute Gasteiger partial charge is 0.354 e. The average Bonchev–Trinajstić information content (AvgIpc) is 3.65. The maximum atomic E-state index is 16.1. The van der Waals surface area contributed by atoms with Crippen molar-refractivity contribution < 1.29 is 31.3 Å². The van der Waals surface area contributed by atoms with Gasteiger partial charge in [-0.25, -0.2) is 22.2 Å². The van der Waals surface area contributed by atoms with Crippen LogP contribution in [0.3, 0.4) is 0 Å². The van der Waals surface area contributed by atoms with Crippen molar-refractivity contribution in [2.75, 3.05) is 63.2 Å². The van der Waals surface area contributed by atoms with E-state index in [2.05, 4.69) is 24.4 Å². The van der Waals surface area contributed by atoms with Crippen molar-refractivity contribution in [3.8, 4) is 0 Å². The quantitative estimate of drug-likeness (QED) is 0.313. The summed E-state index contributed by atoms with van der Waals surface area (Å²) < 4.78 is 61.1. The summed E-state index contributed by atoms with van der Waals surface area (Å²) in [5.74, 6) is -3.81. The highest BCUT2D eigenvalue weighted by atomic mass is 35.5. The van der Waals surface area contributed by atoms with E-state index >= 15 is 8.78 Å². The Kier molecular flexibility index (Phi) is 9.19. The Morgan fingerprint density at radius 3 is 2.30 bits per heavy atom. The first-order chi connectivity index (χ1) is 23.6. The second-order valence-electron chi connectivity index (χ2n) is 15.7. The zero-order chi connectivity index (χ0) is 35.6. The molecular formula is C35H47ClF2N7O4S+. The Morgan fingerprint density at radius 1 is 1.06 bits per heavy atom. The van der Waals surface area contributed by atoms with E-state index in [-0.39, 0.29) is 96.8 Å². The van der Waals surface area contributed by atoms with Crippen LogP contribution in [0, 0.1) is 11.3 Å². The molecule has 1 spiro atoms. The molecule has 4 heterocycles. The van der Waals surface area contributed by atoms with Crippen molar-refractivity contribution in [2.24, 2.45) is 17.1 Å². The molecule has 5 fully saturated rings. The number of anilines is 2. The van der Waals surface area contributed by atoms with E-state index in [1.807, 2.05) is 0 Å². The molecule has 3 N–H and O–H groups in total. The molecule has 0 radical (unpaired) electrons. The molecule has 7 rings (SSSR count). The van der Waals surface area contributed by atoms with Gasteiger partial charge in [0.15, 0.2) is 6.04 Å². The lowest BCUT2D eigenvalue weighted by molar-refractivity contribution is -0.895. The summed E-state index contributed by atoms with van der Waals surface area (Å²) in [6.07, 6.45) is 5.08. The fourth-order valence-electron chi connectivity index (χ4n) is 8.71. The summed E-state index contributed by atoms with van der Waals surface area (Å²) in [5.41, 5.74) is 6.61. The van der Waals surface area contributed by atoms with Crippen LogP contribution in [0.2, 0.25) is 5.15 Å². The lowest BCUT2D eigenvalue weighted by atomic mass is 9.80. The van der Waals surface area contributed by atoms with Crippen LogP contribution in [-0.2, 0) is 25.5 Å².